The van der Waals surface area contributed by atoms with E-state index in [1.54, 1.807) is 0 Å². The third-order valence-electron chi connectivity index (χ3n) is 9.54. The summed E-state index contributed by atoms with van der Waals surface area (Å²) in [7, 11) is 0. The monoisotopic (exact) mass is 346 g/mol. The maximum absolute atomic E-state index is 11.7. The fourth-order valence-electron chi connectivity index (χ4n) is 8.24. The van der Waals surface area contributed by atoms with Crippen molar-refractivity contribution < 1.29 is 19.0 Å². The number of rotatable bonds is 1. The molecule has 0 aromatic heterocycles. The maximum Gasteiger partial charge on any atom is 0.305 e. The molecule has 0 bridgehead atoms. The van der Waals surface area contributed by atoms with Crippen LogP contribution in [-0.2, 0) is 19.0 Å². The van der Waals surface area contributed by atoms with Gasteiger partial charge in [0.05, 0.1) is 12.2 Å². The highest BCUT2D eigenvalue weighted by atomic mass is 16.8. The number of ether oxygens (including phenoxy) is 3. The van der Waals surface area contributed by atoms with Crippen LogP contribution in [0.4, 0.5) is 0 Å². The number of carbonyl (C=O) groups excluding carboxylic acids is 1. The molecule has 0 unspecified atom stereocenters. The summed E-state index contributed by atoms with van der Waals surface area (Å²) in [5, 5.41) is 0. The summed E-state index contributed by atoms with van der Waals surface area (Å²) in [4.78, 5) is 11.7. The van der Waals surface area contributed by atoms with Crippen LogP contribution in [0.2, 0.25) is 0 Å². The summed E-state index contributed by atoms with van der Waals surface area (Å²) in [6, 6.07) is 0. The van der Waals surface area contributed by atoms with E-state index >= 15 is 0 Å². The first-order chi connectivity index (χ1) is 11.9. The predicted molar refractivity (Wildman–Crippen MR) is 90.5 cm³/mol. The Morgan fingerprint density at radius 3 is 2.72 bits per heavy atom. The Labute approximate surface area is 150 Å². The predicted octanol–water partition coefficient (Wildman–Crippen LogP) is 3.67. The molecule has 2 aliphatic heterocycles. The lowest BCUT2D eigenvalue weighted by Gasteiger charge is -2.60. The van der Waals surface area contributed by atoms with Crippen LogP contribution in [0.25, 0.3) is 0 Å². The van der Waals surface area contributed by atoms with E-state index in [1.807, 2.05) is 0 Å². The molecule has 10 atom stereocenters. The standard InChI is InChI=1S/C21H30O4/c1-11(22)24-21-18(25-21)9-15-13-5-4-12-8-16-17(23-16)10-19(12,2)14(13)6-7-20(15,21)3/h12-18H,4-10H2,1-3H3/t12-,13+,14+,15-,16-,17+,18-,19-,20+,21-/m0/s1. The third-order valence-corrected chi connectivity index (χ3v) is 9.54. The van der Waals surface area contributed by atoms with E-state index in [2.05, 4.69) is 13.8 Å². The molecule has 0 N–H and O–H groups in total. The van der Waals surface area contributed by atoms with E-state index in [0.717, 1.165) is 30.6 Å². The van der Waals surface area contributed by atoms with Gasteiger partial charge in [0.2, 0.25) is 5.79 Å². The maximum atomic E-state index is 11.7. The van der Waals surface area contributed by atoms with Crippen molar-refractivity contribution in [1.82, 2.24) is 0 Å². The highest BCUT2D eigenvalue weighted by molar-refractivity contribution is 5.67. The van der Waals surface area contributed by atoms with Gasteiger partial charge in [0.15, 0.2) is 0 Å². The highest BCUT2D eigenvalue weighted by Crippen LogP contribution is 2.74. The third kappa shape index (κ3) is 1.74. The molecular weight excluding hydrogens is 316 g/mol. The van der Waals surface area contributed by atoms with E-state index in [0.29, 0.717) is 23.5 Å². The molecule has 2 saturated heterocycles. The van der Waals surface area contributed by atoms with Crippen molar-refractivity contribution in [2.75, 3.05) is 0 Å². The fourth-order valence-corrected chi connectivity index (χ4v) is 8.24. The number of hydrogen-bond donors (Lipinski definition) is 0. The van der Waals surface area contributed by atoms with Gasteiger partial charge in [-0.15, -0.1) is 0 Å². The molecule has 4 nitrogen and oxygen atoms in total. The SMILES string of the molecule is CC(=O)O[C@]12O[C@H]1C[C@H]1[C@@H]3CC[C@H]4C[C@@H]5O[C@@H]5C[C@]4(C)[C@@H]3CC[C@]12C. The van der Waals surface area contributed by atoms with Gasteiger partial charge in [0, 0.05) is 12.3 Å². The first-order valence-electron chi connectivity index (χ1n) is 10.4. The second-order valence-corrected chi connectivity index (χ2v) is 10.4. The average molecular weight is 346 g/mol. The first-order valence-corrected chi connectivity index (χ1v) is 10.4. The van der Waals surface area contributed by atoms with Crippen LogP contribution in [-0.4, -0.2) is 30.1 Å². The van der Waals surface area contributed by atoms with Gasteiger partial charge >= 0.3 is 5.97 Å². The zero-order chi connectivity index (χ0) is 17.2. The van der Waals surface area contributed by atoms with Crippen molar-refractivity contribution in [1.29, 1.82) is 0 Å². The van der Waals surface area contributed by atoms with Crippen LogP contribution in [0.5, 0.6) is 0 Å². The summed E-state index contributed by atoms with van der Waals surface area (Å²) < 4.78 is 17.7. The van der Waals surface area contributed by atoms with E-state index in [9.17, 15) is 4.79 Å². The van der Waals surface area contributed by atoms with Crippen LogP contribution < -0.4 is 0 Å². The summed E-state index contributed by atoms with van der Waals surface area (Å²) in [5.74, 6) is 2.33. The Hall–Kier alpha value is -0.610. The van der Waals surface area contributed by atoms with Crippen molar-refractivity contribution >= 4 is 5.97 Å². The van der Waals surface area contributed by atoms with Gasteiger partial charge in [-0.3, -0.25) is 4.79 Å². The van der Waals surface area contributed by atoms with Crippen LogP contribution in [0.3, 0.4) is 0 Å². The van der Waals surface area contributed by atoms with Gasteiger partial charge in [-0.2, -0.15) is 0 Å². The van der Waals surface area contributed by atoms with Crippen molar-refractivity contribution in [2.24, 2.45) is 34.5 Å². The molecule has 6 fully saturated rings. The number of epoxide rings is 2. The lowest BCUT2D eigenvalue weighted by atomic mass is 9.45. The number of carbonyl (C=O) groups is 1. The topological polar surface area (TPSA) is 51.4 Å². The molecular formula is C21H30O4. The summed E-state index contributed by atoms with van der Waals surface area (Å²) >= 11 is 0. The Morgan fingerprint density at radius 1 is 1.08 bits per heavy atom. The summed E-state index contributed by atoms with van der Waals surface area (Å²) in [6.45, 7) is 6.44. The summed E-state index contributed by atoms with van der Waals surface area (Å²) in [5.41, 5.74) is 0.477. The molecule has 25 heavy (non-hydrogen) atoms. The zero-order valence-corrected chi connectivity index (χ0v) is 15.6. The molecule has 4 aliphatic carbocycles. The molecule has 138 valence electrons. The minimum absolute atomic E-state index is 0.0149. The molecule has 6 aliphatic rings. The molecule has 0 aromatic rings. The number of esters is 1. The van der Waals surface area contributed by atoms with E-state index in [-0.39, 0.29) is 17.5 Å². The molecule has 4 heteroatoms. The lowest BCUT2D eigenvalue weighted by Crippen LogP contribution is -2.56. The van der Waals surface area contributed by atoms with Crippen molar-refractivity contribution in [3.05, 3.63) is 0 Å². The first kappa shape index (κ1) is 15.4. The fraction of sp³-hybridized carbons (Fsp3) is 0.952. The average Bonchev–Trinajstić information content (AvgIpc) is 3.42. The normalized spacial score (nSPS) is 63.4. The van der Waals surface area contributed by atoms with Crippen LogP contribution in [0.1, 0.15) is 65.7 Å². The van der Waals surface area contributed by atoms with Crippen LogP contribution in [0.15, 0.2) is 0 Å². The smallest absolute Gasteiger partial charge is 0.305 e. The second-order valence-electron chi connectivity index (χ2n) is 10.4. The van der Waals surface area contributed by atoms with Crippen LogP contribution >= 0.6 is 0 Å². The molecule has 0 aromatic carbocycles. The van der Waals surface area contributed by atoms with Crippen molar-refractivity contribution in [3.63, 3.8) is 0 Å². The van der Waals surface area contributed by atoms with Gasteiger partial charge in [-0.25, -0.2) is 0 Å². The minimum Gasteiger partial charge on any atom is -0.430 e. The van der Waals surface area contributed by atoms with Gasteiger partial charge in [-0.05, 0) is 74.0 Å². The molecule has 0 radical (unpaired) electrons. The Balaban J connectivity index is 1.32. The highest BCUT2D eigenvalue weighted by Gasteiger charge is 2.80. The Bertz CT molecular complexity index is 648. The zero-order valence-electron chi connectivity index (χ0n) is 15.6. The van der Waals surface area contributed by atoms with E-state index < -0.39 is 5.79 Å². The van der Waals surface area contributed by atoms with Gasteiger partial charge in [0.1, 0.15) is 6.10 Å². The Kier molecular flexibility index (Phi) is 2.74. The summed E-state index contributed by atoms with van der Waals surface area (Å²) in [6.07, 6.45) is 10.1. The lowest BCUT2D eigenvalue weighted by molar-refractivity contribution is -0.198. The molecule has 2 heterocycles. The van der Waals surface area contributed by atoms with Crippen LogP contribution in [0, 0.1) is 34.5 Å². The van der Waals surface area contributed by atoms with Gasteiger partial charge < -0.3 is 14.2 Å². The van der Waals surface area contributed by atoms with Gasteiger partial charge in [0.25, 0.3) is 0 Å². The molecule has 0 amide bonds. The molecule has 4 saturated carbocycles. The quantitative estimate of drug-likeness (QED) is 0.537. The minimum atomic E-state index is -0.594. The number of hydrogen-bond acceptors (Lipinski definition) is 4. The second kappa shape index (κ2) is 4.44. The largest absolute Gasteiger partial charge is 0.430 e. The molecule has 6 rings (SSSR count). The van der Waals surface area contributed by atoms with Gasteiger partial charge in [-0.1, -0.05) is 13.8 Å². The van der Waals surface area contributed by atoms with E-state index in [1.165, 1.54) is 39.0 Å². The Morgan fingerprint density at radius 2 is 1.92 bits per heavy atom. The molecule has 0 spiro atoms. The van der Waals surface area contributed by atoms with E-state index in [4.69, 9.17) is 14.2 Å². The number of fused-ring (bicyclic) bond motifs is 8. The van der Waals surface area contributed by atoms with Crippen molar-refractivity contribution in [2.45, 2.75) is 89.8 Å². The van der Waals surface area contributed by atoms with Crippen molar-refractivity contribution in [3.8, 4) is 0 Å².